The third kappa shape index (κ3) is 6.74. The van der Waals surface area contributed by atoms with Gasteiger partial charge in [0.25, 0.3) is 10.1 Å². The van der Waals surface area contributed by atoms with Gasteiger partial charge in [0.15, 0.2) is 0 Å². The number of ether oxygens (including phenoxy) is 1. The van der Waals surface area contributed by atoms with Gasteiger partial charge in [-0.15, -0.1) is 0 Å². The predicted molar refractivity (Wildman–Crippen MR) is 106 cm³/mol. The van der Waals surface area contributed by atoms with Gasteiger partial charge >= 0.3 is 0 Å². The van der Waals surface area contributed by atoms with Gasteiger partial charge in [-0.2, -0.15) is 8.42 Å². The Labute approximate surface area is 162 Å². The molecule has 146 valence electrons. The molecule has 6 heteroatoms. The molecule has 5 nitrogen and oxygen atoms in total. The summed E-state index contributed by atoms with van der Waals surface area (Å²) in [6.45, 7) is 3.33. The molecule has 1 saturated heterocycles. The summed E-state index contributed by atoms with van der Waals surface area (Å²) in [5.74, 6) is 0.138. The van der Waals surface area contributed by atoms with Crippen molar-refractivity contribution in [2.45, 2.75) is 25.7 Å². The molecule has 1 aliphatic rings. The molecule has 0 aromatic heterocycles. The van der Waals surface area contributed by atoms with Crippen LogP contribution in [0.15, 0.2) is 60.7 Å². The van der Waals surface area contributed by atoms with Crippen LogP contribution in [0.3, 0.4) is 0 Å². The van der Waals surface area contributed by atoms with Crippen molar-refractivity contribution in [1.29, 1.82) is 0 Å². The van der Waals surface area contributed by atoms with Gasteiger partial charge in [-0.3, -0.25) is 9.08 Å². The van der Waals surface area contributed by atoms with Crippen molar-refractivity contribution in [3.05, 3.63) is 71.8 Å². The summed E-state index contributed by atoms with van der Waals surface area (Å²) in [5.41, 5.74) is 2.33. The van der Waals surface area contributed by atoms with Crippen LogP contribution in [0, 0.1) is 5.92 Å². The van der Waals surface area contributed by atoms with E-state index in [2.05, 4.69) is 17.0 Å². The fourth-order valence-corrected chi connectivity index (χ4v) is 4.15. The van der Waals surface area contributed by atoms with Gasteiger partial charge in [0, 0.05) is 19.0 Å². The second-order valence-electron chi connectivity index (χ2n) is 7.11. The van der Waals surface area contributed by atoms with E-state index in [0.717, 1.165) is 37.9 Å². The van der Waals surface area contributed by atoms with Crippen molar-refractivity contribution < 1.29 is 17.3 Å². The zero-order chi connectivity index (χ0) is 19.1. The Balaban J connectivity index is 1.56. The van der Waals surface area contributed by atoms with Gasteiger partial charge in [-0.05, 0) is 24.1 Å². The van der Waals surface area contributed by atoms with Crippen molar-refractivity contribution in [2.24, 2.45) is 5.92 Å². The minimum atomic E-state index is -3.53. The molecular weight excluding hydrogens is 362 g/mol. The predicted octanol–water partition coefficient (Wildman–Crippen LogP) is 3.07. The zero-order valence-electron chi connectivity index (χ0n) is 15.7. The van der Waals surface area contributed by atoms with Gasteiger partial charge in [-0.1, -0.05) is 60.7 Å². The monoisotopic (exact) mass is 389 g/mol. The summed E-state index contributed by atoms with van der Waals surface area (Å²) in [7, 11) is -3.53. The Morgan fingerprint density at radius 3 is 2.30 bits per heavy atom. The molecule has 1 heterocycles. The molecular formula is C21H27NO4S. The number of hydrogen-bond donors (Lipinski definition) is 0. The molecule has 0 radical (unpaired) electrons. The fourth-order valence-electron chi connectivity index (χ4n) is 3.49. The lowest BCUT2D eigenvalue weighted by molar-refractivity contribution is 0.0179. The lowest BCUT2D eigenvalue weighted by atomic mass is 10.0. The SMILES string of the molecule is CS(=O)(=O)OC(COCc1ccccc1)C1CCN(Cc2ccccc2)C1. The summed E-state index contributed by atoms with van der Waals surface area (Å²) in [6.07, 6.45) is 1.56. The highest BCUT2D eigenvalue weighted by atomic mass is 32.2. The largest absolute Gasteiger partial charge is 0.374 e. The first-order chi connectivity index (χ1) is 13.0. The summed E-state index contributed by atoms with van der Waals surface area (Å²) in [4.78, 5) is 2.34. The lowest BCUT2D eigenvalue weighted by Crippen LogP contribution is -2.33. The highest BCUT2D eigenvalue weighted by Crippen LogP contribution is 2.25. The number of nitrogens with zero attached hydrogens (tertiary/aromatic N) is 1. The molecule has 2 aromatic carbocycles. The van der Waals surface area contributed by atoms with Gasteiger partial charge in [-0.25, -0.2) is 0 Å². The van der Waals surface area contributed by atoms with Crippen LogP contribution in [0.2, 0.25) is 0 Å². The number of hydrogen-bond acceptors (Lipinski definition) is 5. The molecule has 0 bridgehead atoms. The maximum Gasteiger partial charge on any atom is 0.264 e. The third-order valence-electron chi connectivity index (χ3n) is 4.78. The van der Waals surface area contributed by atoms with Crippen LogP contribution in [-0.2, 0) is 32.2 Å². The van der Waals surface area contributed by atoms with Crippen LogP contribution in [-0.4, -0.2) is 45.4 Å². The number of benzene rings is 2. The first-order valence-corrected chi connectivity index (χ1v) is 11.1. The molecule has 0 spiro atoms. The van der Waals surface area contributed by atoms with Gasteiger partial charge < -0.3 is 4.74 Å². The van der Waals surface area contributed by atoms with Crippen molar-refractivity contribution in [1.82, 2.24) is 4.90 Å². The lowest BCUT2D eigenvalue weighted by Gasteiger charge is -2.23. The summed E-state index contributed by atoms with van der Waals surface area (Å²) in [5, 5.41) is 0. The van der Waals surface area contributed by atoms with Crippen LogP contribution < -0.4 is 0 Å². The molecule has 0 N–H and O–H groups in total. The van der Waals surface area contributed by atoms with Crippen molar-refractivity contribution in [2.75, 3.05) is 26.0 Å². The van der Waals surface area contributed by atoms with E-state index in [0.29, 0.717) is 6.61 Å². The van der Waals surface area contributed by atoms with Crippen LogP contribution in [0.4, 0.5) is 0 Å². The molecule has 2 unspecified atom stereocenters. The van der Waals surface area contributed by atoms with Gasteiger partial charge in [0.2, 0.25) is 0 Å². The minimum absolute atomic E-state index is 0.138. The minimum Gasteiger partial charge on any atom is -0.374 e. The smallest absolute Gasteiger partial charge is 0.264 e. The van der Waals surface area contributed by atoms with E-state index >= 15 is 0 Å². The van der Waals surface area contributed by atoms with Crippen LogP contribution in [0.25, 0.3) is 0 Å². The van der Waals surface area contributed by atoms with E-state index in [1.165, 1.54) is 5.56 Å². The molecule has 27 heavy (non-hydrogen) atoms. The average molecular weight is 390 g/mol. The van der Waals surface area contributed by atoms with Gasteiger partial charge in [0.1, 0.15) is 6.10 Å². The maximum absolute atomic E-state index is 11.7. The standard InChI is InChI=1S/C21H27NO4S/c1-27(23,24)26-21(17-25-16-19-10-6-3-7-11-19)20-12-13-22(15-20)14-18-8-4-2-5-9-18/h2-11,20-21H,12-17H2,1H3. The Bertz CT molecular complexity index is 795. The zero-order valence-corrected chi connectivity index (χ0v) is 16.5. The maximum atomic E-state index is 11.7. The normalized spacial score (nSPS) is 19.2. The van der Waals surface area contributed by atoms with E-state index in [-0.39, 0.29) is 12.5 Å². The average Bonchev–Trinajstić information content (AvgIpc) is 3.10. The van der Waals surface area contributed by atoms with E-state index in [9.17, 15) is 8.42 Å². The van der Waals surface area contributed by atoms with E-state index < -0.39 is 16.2 Å². The van der Waals surface area contributed by atoms with Gasteiger partial charge in [0.05, 0.1) is 19.5 Å². The van der Waals surface area contributed by atoms with Crippen molar-refractivity contribution >= 4 is 10.1 Å². The van der Waals surface area contributed by atoms with E-state index in [1.807, 2.05) is 48.5 Å². The Morgan fingerprint density at radius 2 is 1.67 bits per heavy atom. The highest BCUT2D eigenvalue weighted by Gasteiger charge is 2.32. The number of likely N-dealkylation sites (tertiary alicyclic amines) is 1. The fraction of sp³-hybridized carbons (Fsp3) is 0.429. The highest BCUT2D eigenvalue weighted by molar-refractivity contribution is 7.86. The van der Waals surface area contributed by atoms with Crippen LogP contribution >= 0.6 is 0 Å². The Hall–Kier alpha value is -1.73. The number of rotatable bonds is 9. The summed E-state index contributed by atoms with van der Waals surface area (Å²) >= 11 is 0. The quantitative estimate of drug-likeness (QED) is 0.617. The third-order valence-corrected chi connectivity index (χ3v) is 5.37. The molecule has 0 amide bonds. The molecule has 0 aliphatic carbocycles. The Morgan fingerprint density at radius 1 is 1.04 bits per heavy atom. The topological polar surface area (TPSA) is 55.8 Å². The second kappa shape index (κ2) is 9.46. The van der Waals surface area contributed by atoms with Crippen molar-refractivity contribution in [3.63, 3.8) is 0 Å². The van der Waals surface area contributed by atoms with Crippen molar-refractivity contribution in [3.8, 4) is 0 Å². The molecule has 1 fully saturated rings. The first-order valence-electron chi connectivity index (χ1n) is 9.26. The Kier molecular flexibility index (Phi) is 7.01. The molecule has 2 aromatic rings. The van der Waals surface area contributed by atoms with Crippen LogP contribution in [0.5, 0.6) is 0 Å². The van der Waals surface area contributed by atoms with E-state index in [4.69, 9.17) is 8.92 Å². The summed E-state index contributed by atoms with van der Waals surface area (Å²) < 4.78 is 34.6. The molecule has 3 rings (SSSR count). The van der Waals surface area contributed by atoms with Crippen LogP contribution in [0.1, 0.15) is 17.5 Å². The van der Waals surface area contributed by atoms with E-state index in [1.54, 1.807) is 0 Å². The summed E-state index contributed by atoms with van der Waals surface area (Å²) in [6, 6.07) is 20.2. The molecule has 2 atom stereocenters. The second-order valence-corrected chi connectivity index (χ2v) is 8.71. The molecule has 0 saturated carbocycles. The first kappa shape index (κ1) is 20.0. The molecule has 1 aliphatic heterocycles.